The minimum atomic E-state index is 0.470. The lowest BCUT2D eigenvalue weighted by Crippen LogP contribution is -2.02. The topological polar surface area (TPSA) is 32.3 Å². The van der Waals surface area contributed by atoms with Gasteiger partial charge in [-0.05, 0) is 6.92 Å². The Kier molecular flexibility index (Phi) is 4.39. The molecule has 0 spiro atoms. The van der Waals surface area contributed by atoms with Gasteiger partial charge in [0.15, 0.2) is 0 Å². The van der Waals surface area contributed by atoms with E-state index in [-0.39, 0.29) is 0 Å². The van der Waals surface area contributed by atoms with E-state index in [9.17, 15) is 0 Å². The Morgan fingerprint density at radius 3 is 2.60 bits per heavy atom. The summed E-state index contributed by atoms with van der Waals surface area (Å²) in [5, 5.41) is 0. The Labute approximate surface area is 34.8 Å². The summed E-state index contributed by atoms with van der Waals surface area (Å²) >= 11 is 0.524. The van der Waals surface area contributed by atoms with Crippen molar-refractivity contribution in [2.24, 2.45) is 0 Å². The number of rotatable bonds is 2. The summed E-state index contributed by atoms with van der Waals surface area (Å²) in [5.74, 6) is 0. The lowest BCUT2D eigenvalue weighted by molar-refractivity contribution is -1.27. The summed E-state index contributed by atoms with van der Waals surface area (Å²) in [7, 11) is 0. The van der Waals surface area contributed by atoms with Crippen LogP contribution in [0.2, 0.25) is 0 Å². The van der Waals surface area contributed by atoms with Gasteiger partial charge in [0.2, 0.25) is 0 Å². The van der Waals surface area contributed by atoms with Crippen LogP contribution in [0.3, 0.4) is 0 Å². The second-order valence-corrected chi connectivity index (χ2v) is 0.805. The van der Waals surface area contributed by atoms with Gasteiger partial charge in [-0.15, -0.1) is 4.29 Å². The van der Waals surface area contributed by atoms with E-state index in [0.717, 1.165) is 0 Å². The van der Waals surface area contributed by atoms with Gasteiger partial charge in [0.1, 0.15) is 6.61 Å². The van der Waals surface area contributed by atoms with Gasteiger partial charge >= 0.3 is 11.3 Å². The van der Waals surface area contributed by atoms with Crippen molar-refractivity contribution >= 4 is 0 Å². The van der Waals surface area contributed by atoms with Gasteiger partial charge in [-0.25, -0.2) is 0 Å². The van der Waals surface area contributed by atoms with E-state index in [4.69, 9.17) is 4.66 Å². The van der Waals surface area contributed by atoms with Crippen LogP contribution in [-0.4, -0.2) is 6.61 Å². The lowest BCUT2D eigenvalue weighted by Gasteiger charge is -1.72. The van der Waals surface area contributed by atoms with Gasteiger partial charge in [0.25, 0.3) is 0 Å². The average Bonchev–Trinajstić information content (AvgIpc) is 1.41. The Hall–Kier alpha value is 0.210. The van der Waals surface area contributed by atoms with E-state index in [0.29, 0.717) is 17.9 Å². The Bertz CT molecular complexity index is 15.1. The van der Waals surface area contributed by atoms with Crippen molar-refractivity contribution in [3.8, 4) is 0 Å². The van der Waals surface area contributed by atoms with E-state index < -0.39 is 0 Å². The van der Waals surface area contributed by atoms with E-state index in [2.05, 4.69) is 4.29 Å². The molecule has 0 aliphatic rings. The predicted molar refractivity (Wildman–Crippen MR) is 11.6 cm³/mol. The molecule has 0 rings (SSSR count). The van der Waals surface area contributed by atoms with E-state index in [1.807, 2.05) is 0 Å². The first-order chi connectivity index (χ1) is 2.41. The van der Waals surface area contributed by atoms with E-state index in [1.165, 1.54) is 0 Å². The molecule has 5 heavy (non-hydrogen) atoms. The molecular weight excluding hydrogens is 91.5 g/mol. The SMILES string of the molecule is CCO[Cl+][O-]. The fourth-order valence-corrected chi connectivity index (χ4v) is 0.134. The first-order valence-electron chi connectivity index (χ1n) is 1.30. The molecule has 0 heterocycles. The van der Waals surface area contributed by atoms with Gasteiger partial charge < -0.3 is 4.66 Å². The van der Waals surface area contributed by atoms with Gasteiger partial charge in [-0.3, -0.25) is 0 Å². The quantitative estimate of drug-likeness (QED) is 0.455. The van der Waals surface area contributed by atoms with Gasteiger partial charge in [0, 0.05) is 0 Å². The molecule has 0 radical (unpaired) electrons. The number of hydrogen-bond acceptors (Lipinski definition) is 2. The molecule has 32 valence electrons. The molecule has 3 heteroatoms. The van der Waals surface area contributed by atoms with Crippen molar-refractivity contribution < 1.29 is 20.3 Å². The summed E-state index contributed by atoms with van der Waals surface area (Å²) in [5.41, 5.74) is 0. The number of hydrogen-bond donors (Lipinski definition) is 0. The Balaban J connectivity index is 2.19. The van der Waals surface area contributed by atoms with Gasteiger partial charge in [0.05, 0.1) is 0 Å². The molecule has 0 aromatic heterocycles. The highest BCUT2D eigenvalue weighted by Crippen LogP contribution is 1.61. The smallest absolute Gasteiger partial charge is 0.330 e. The highest BCUT2D eigenvalue weighted by atomic mass is 35.6. The third-order valence-electron chi connectivity index (χ3n) is 0.154. The van der Waals surface area contributed by atoms with Crippen molar-refractivity contribution in [1.82, 2.24) is 0 Å². The zero-order valence-electron chi connectivity index (χ0n) is 2.90. The van der Waals surface area contributed by atoms with Crippen LogP contribution >= 0.6 is 0 Å². The Morgan fingerprint density at radius 1 is 2.00 bits per heavy atom. The van der Waals surface area contributed by atoms with Crippen LogP contribution in [0.5, 0.6) is 0 Å². The molecule has 0 aromatic rings. The maximum atomic E-state index is 9.17. The second kappa shape index (κ2) is 4.21. The van der Waals surface area contributed by atoms with Gasteiger partial charge in [-0.1, -0.05) is 0 Å². The molecule has 0 atom stereocenters. The summed E-state index contributed by atoms with van der Waals surface area (Å²) in [4.78, 5) is 0. The largest absolute Gasteiger partial charge is 0.506 e. The standard InChI is InChI=1S/C2H5ClO2/c1-2-5-3-4/h2H2,1H3. The molecule has 0 fully saturated rings. The third kappa shape index (κ3) is 4.21. The van der Waals surface area contributed by atoms with Crippen LogP contribution in [0.1, 0.15) is 6.92 Å². The highest BCUT2D eigenvalue weighted by molar-refractivity contribution is 3.88. The van der Waals surface area contributed by atoms with Crippen LogP contribution in [0.25, 0.3) is 0 Å². The van der Waals surface area contributed by atoms with Crippen molar-refractivity contribution in [3.63, 3.8) is 0 Å². The molecular formula is C2H5ClO2. The van der Waals surface area contributed by atoms with E-state index in [1.54, 1.807) is 6.92 Å². The fourth-order valence-electron chi connectivity index (χ4n) is 0.0445. The first kappa shape index (κ1) is 5.21. The molecule has 2 nitrogen and oxygen atoms in total. The van der Waals surface area contributed by atoms with Crippen molar-refractivity contribution in [1.29, 1.82) is 0 Å². The molecule has 0 aliphatic heterocycles. The molecule has 0 bridgehead atoms. The maximum Gasteiger partial charge on any atom is 0.330 e. The predicted octanol–water partition coefficient (Wildman–Crippen LogP) is -0.702. The maximum absolute atomic E-state index is 9.17. The first-order valence-corrected chi connectivity index (χ1v) is 1.92. The zero-order chi connectivity index (χ0) is 4.12. The minimum absolute atomic E-state index is 0.470. The second-order valence-electron chi connectivity index (χ2n) is 0.461. The molecule has 0 saturated heterocycles. The van der Waals surface area contributed by atoms with Crippen LogP contribution in [0.15, 0.2) is 0 Å². The Morgan fingerprint density at radius 2 is 2.60 bits per heavy atom. The molecule has 0 saturated carbocycles. The molecule has 0 aliphatic carbocycles. The summed E-state index contributed by atoms with van der Waals surface area (Å²) < 4.78 is 13.3. The van der Waals surface area contributed by atoms with Crippen molar-refractivity contribution in [3.05, 3.63) is 0 Å². The van der Waals surface area contributed by atoms with Crippen LogP contribution < -0.4 is 4.66 Å². The fraction of sp³-hybridized carbons (Fsp3) is 1.00. The molecule has 0 amide bonds. The normalized spacial score (nSPS) is 8.40. The van der Waals surface area contributed by atoms with E-state index >= 15 is 0 Å². The summed E-state index contributed by atoms with van der Waals surface area (Å²) in [6, 6.07) is 0. The highest BCUT2D eigenvalue weighted by Gasteiger charge is 1.78. The molecule has 0 unspecified atom stereocenters. The van der Waals surface area contributed by atoms with Crippen molar-refractivity contribution in [2.45, 2.75) is 6.92 Å². The molecule has 0 aromatic carbocycles. The van der Waals surface area contributed by atoms with Crippen LogP contribution in [0.4, 0.5) is 0 Å². The van der Waals surface area contributed by atoms with Crippen LogP contribution in [-0.2, 0) is 4.29 Å². The van der Waals surface area contributed by atoms with Crippen molar-refractivity contribution in [2.75, 3.05) is 6.61 Å². The zero-order valence-corrected chi connectivity index (χ0v) is 3.66. The lowest BCUT2D eigenvalue weighted by atomic mass is 10.9. The summed E-state index contributed by atoms with van der Waals surface area (Å²) in [6.07, 6.45) is 0. The molecule has 0 N–H and O–H groups in total. The van der Waals surface area contributed by atoms with Crippen LogP contribution in [0, 0.1) is 11.3 Å². The average molecular weight is 96.5 g/mol. The minimum Gasteiger partial charge on any atom is -0.506 e. The summed E-state index contributed by atoms with van der Waals surface area (Å²) in [6.45, 7) is 2.22. The van der Waals surface area contributed by atoms with Gasteiger partial charge in [-0.2, -0.15) is 0 Å². The third-order valence-corrected chi connectivity index (χ3v) is 0.461. The monoisotopic (exact) mass is 96.0 g/mol. The number of halogens is 1.